The van der Waals surface area contributed by atoms with Crippen molar-refractivity contribution in [2.24, 2.45) is 0 Å². The lowest BCUT2D eigenvalue weighted by molar-refractivity contribution is 0.266. The van der Waals surface area contributed by atoms with Gasteiger partial charge in [-0.25, -0.2) is 0 Å². The van der Waals surface area contributed by atoms with Crippen LogP contribution in [0.5, 0.6) is 0 Å². The Balaban J connectivity index is 2.36. The molecule has 0 fully saturated rings. The third kappa shape index (κ3) is 2.63. The number of hydrogen-bond donors (Lipinski definition) is 0. The van der Waals surface area contributed by atoms with E-state index in [1.165, 1.54) is 25.7 Å². The molecule has 0 radical (unpaired) electrons. The van der Waals surface area contributed by atoms with Crippen LogP contribution in [0, 0.1) is 0 Å². The van der Waals surface area contributed by atoms with Gasteiger partial charge in [0, 0.05) is 12.6 Å². The van der Waals surface area contributed by atoms with Gasteiger partial charge in [0.05, 0.1) is 0 Å². The van der Waals surface area contributed by atoms with E-state index < -0.39 is 0 Å². The molecule has 1 nitrogen and oxygen atoms in total. The van der Waals surface area contributed by atoms with E-state index in [9.17, 15) is 0 Å². The van der Waals surface area contributed by atoms with Crippen LogP contribution >= 0.6 is 0 Å². The van der Waals surface area contributed by atoms with Crippen molar-refractivity contribution < 1.29 is 0 Å². The summed E-state index contributed by atoms with van der Waals surface area (Å²) in [5, 5.41) is 0. The summed E-state index contributed by atoms with van der Waals surface area (Å²) in [5.41, 5.74) is 1.68. The molecule has 1 atom stereocenters. The van der Waals surface area contributed by atoms with Crippen molar-refractivity contribution >= 4 is 0 Å². The standard InChI is InChI=1S/C11H21N/c1-4-5-6-11-7-8-12(3)10(2)9-11/h7,10H,4-6,8-9H2,1-3H3. The molecule has 1 aliphatic rings. The summed E-state index contributed by atoms with van der Waals surface area (Å²) < 4.78 is 0. The van der Waals surface area contributed by atoms with Crippen LogP contribution in [0.25, 0.3) is 0 Å². The summed E-state index contributed by atoms with van der Waals surface area (Å²) in [7, 11) is 2.21. The van der Waals surface area contributed by atoms with Crippen LogP contribution in [0.4, 0.5) is 0 Å². The quantitative estimate of drug-likeness (QED) is 0.584. The highest BCUT2D eigenvalue weighted by molar-refractivity contribution is 5.08. The van der Waals surface area contributed by atoms with Gasteiger partial charge in [-0.05, 0) is 33.2 Å². The highest BCUT2D eigenvalue weighted by atomic mass is 15.1. The summed E-state index contributed by atoms with van der Waals surface area (Å²) >= 11 is 0. The predicted octanol–water partition coefficient (Wildman–Crippen LogP) is 2.83. The first-order chi connectivity index (χ1) is 5.74. The van der Waals surface area contributed by atoms with Gasteiger partial charge in [0.15, 0.2) is 0 Å². The van der Waals surface area contributed by atoms with Crippen molar-refractivity contribution in [3.8, 4) is 0 Å². The lowest BCUT2D eigenvalue weighted by Gasteiger charge is -2.29. The summed E-state index contributed by atoms with van der Waals surface area (Å²) in [6.45, 7) is 5.73. The normalized spacial score (nSPS) is 25.6. The molecule has 1 heteroatoms. The SMILES string of the molecule is CCCCC1=CCN(C)C(C)C1. The van der Waals surface area contributed by atoms with Crippen molar-refractivity contribution in [3.63, 3.8) is 0 Å². The van der Waals surface area contributed by atoms with Gasteiger partial charge in [-0.1, -0.05) is 25.0 Å². The largest absolute Gasteiger partial charge is 0.300 e. The number of unbranched alkanes of at least 4 members (excludes halogenated alkanes) is 1. The van der Waals surface area contributed by atoms with Crippen LogP contribution < -0.4 is 0 Å². The molecule has 1 rings (SSSR count). The maximum absolute atomic E-state index is 2.41. The van der Waals surface area contributed by atoms with Crippen LogP contribution in [0.2, 0.25) is 0 Å². The molecule has 1 unspecified atom stereocenters. The first kappa shape index (κ1) is 9.79. The van der Waals surface area contributed by atoms with Crippen LogP contribution in [0.1, 0.15) is 39.5 Å². The molecular formula is C11H21N. The minimum atomic E-state index is 0.752. The second-order valence-electron chi connectivity index (χ2n) is 3.96. The highest BCUT2D eigenvalue weighted by Crippen LogP contribution is 2.20. The molecule has 0 bridgehead atoms. The lowest BCUT2D eigenvalue weighted by atomic mass is 9.97. The molecule has 0 aliphatic carbocycles. The Morgan fingerprint density at radius 3 is 2.92 bits per heavy atom. The molecule has 1 aliphatic heterocycles. The van der Waals surface area contributed by atoms with Crippen LogP contribution in [0.15, 0.2) is 11.6 Å². The molecule has 70 valence electrons. The molecule has 0 N–H and O–H groups in total. The Morgan fingerprint density at radius 2 is 2.33 bits per heavy atom. The van der Waals surface area contributed by atoms with E-state index in [1.807, 2.05) is 0 Å². The topological polar surface area (TPSA) is 3.24 Å². The van der Waals surface area contributed by atoms with Crippen molar-refractivity contribution in [3.05, 3.63) is 11.6 Å². The number of likely N-dealkylation sites (N-methyl/N-ethyl adjacent to an activating group) is 1. The number of hydrogen-bond acceptors (Lipinski definition) is 1. The third-order valence-electron chi connectivity index (χ3n) is 2.83. The zero-order chi connectivity index (χ0) is 8.97. The predicted molar refractivity (Wildman–Crippen MR) is 54.3 cm³/mol. The van der Waals surface area contributed by atoms with Crippen molar-refractivity contribution in [1.82, 2.24) is 4.90 Å². The maximum Gasteiger partial charge on any atom is 0.0165 e. The maximum atomic E-state index is 2.41. The van der Waals surface area contributed by atoms with E-state index in [0.29, 0.717) is 0 Å². The minimum Gasteiger partial charge on any atom is -0.300 e. The summed E-state index contributed by atoms with van der Waals surface area (Å²) in [4.78, 5) is 2.41. The molecule has 0 saturated carbocycles. The molecule has 0 amide bonds. The fourth-order valence-corrected chi connectivity index (χ4v) is 1.68. The van der Waals surface area contributed by atoms with Gasteiger partial charge < -0.3 is 0 Å². The second kappa shape index (κ2) is 4.66. The average molecular weight is 167 g/mol. The van der Waals surface area contributed by atoms with E-state index in [2.05, 4.69) is 31.9 Å². The summed E-state index contributed by atoms with van der Waals surface area (Å²) in [6.07, 6.45) is 7.71. The van der Waals surface area contributed by atoms with Gasteiger partial charge in [0.1, 0.15) is 0 Å². The lowest BCUT2D eigenvalue weighted by Crippen LogP contribution is -2.32. The van der Waals surface area contributed by atoms with Gasteiger partial charge in [-0.2, -0.15) is 0 Å². The van der Waals surface area contributed by atoms with Crippen LogP contribution in [0.3, 0.4) is 0 Å². The Bertz CT molecular complexity index is 160. The van der Waals surface area contributed by atoms with Crippen molar-refractivity contribution in [2.75, 3.05) is 13.6 Å². The Labute approximate surface area is 76.5 Å². The Kier molecular flexibility index (Phi) is 3.80. The number of nitrogens with zero attached hydrogens (tertiary/aromatic N) is 1. The third-order valence-corrected chi connectivity index (χ3v) is 2.83. The fourth-order valence-electron chi connectivity index (χ4n) is 1.68. The molecule has 0 aromatic heterocycles. The van der Waals surface area contributed by atoms with E-state index in [-0.39, 0.29) is 0 Å². The monoisotopic (exact) mass is 167 g/mol. The molecule has 1 heterocycles. The first-order valence-electron chi connectivity index (χ1n) is 5.12. The molecular weight excluding hydrogens is 146 g/mol. The van der Waals surface area contributed by atoms with Crippen molar-refractivity contribution in [2.45, 2.75) is 45.6 Å². The summed E-state index contributed by atoms with van der Waals surface area (Å²) in [5.74, 6) is 0. The Morgan fingerprint density at radius 1 is 1.58 bits per heavy atom. The zero-order valence-electron chi connectivity index (χ0n) is 8.64. The van der Waals surface area contributed by atoms with Crippen LogP contribution in [-0.2, 0) is 0 Å². The van der Waals surface area contributed by atoms with Gasteiger partial charge >= 0.3 is 0 Å². The minimum absolute atomic E-state index is 0.752. The molecule has 0 spiro atoms. The zero-order valence-corrected chi connectivity index (χ0v) is 8.64. The van der Waals surface area contributed by atoms with Gasteiger partial charge in [0.2, 0.25) is 0 Å². The fraction of sp³-hybridized carbons (Fsp3) is 0.818. The second-order valence-corrected chi connectivity index (χ2v) is 3.96. The van der Waals surface area contributed by atoms with Crippen molar-refractivity contribution in [1.29, 1.82) is 0 Å². The van der Waals surface area contributed by atoms with Gasteiger partial charge in [-0.3, -0.25) is 4.90 Å². The van der Waals surface area contributed by atoms with Crippen LogP contribution in [-0.4, -0.2) is 24.5 Å². The molecule has 0 saturated heterocycles. The molecule has 0 aromatic rings. The van der Waals surface area contributed by atoms with E-state index in [4.69, 9.17) is 0 Å². The van der Waals surface area contributed by atoms with E-state index in [0.717, 1.165) is 12.6 Å². The number of rotatable bonds is 3. The highest BCUT2D eigenvalue weighted by Gasteiger charge is 2.14. The first-order valence-corrected chi connectivity index (χ1v) is 5.12. The smallest absolute Gasteiger partial charge is 0.0165 e. The van der Waals surface area contributed by atoms with Gasteiger partial charge in [0.25, 0.3) is 0 Å². The average Bonchev–Trinajstić information content (AvgIpc) is 2.07. The summed E-state index contributed by atoms with van der Waals surface area (Å²) in [6, 6.07) is 0.752. The molecule has 12 heavy (non-hydrogen) atoms. The van der Waals surface area contributed by atoms with E-state index in [1.54, 1.807) is 5.57 Å². The molecule has 0 aromatic carbocycles. The Hall–Kier alpha value is -0.300. The van der Waals surface area contributed by atoms with Gasteiger partial charge in [-0.15, -0.1) is 0 Å². The van der Waals surface area contributed by atoms with E-state index >= 15 is 0 Å².